The Morgan fingerprint density at radius 2 is 1.71 bits per heavy atom. The highest BCUT2D eigenvalue weighted by atomic mass is 16.5. The zero-order chi connectivity index (χ0) is 20.7. The summed E-state index contributed by atoms with van der Waals surface area (Å²) in [4.78, 5) is 18.1. The van der Waals surface area contributed by atoms with Gasteiger partial charge in [-0.05, 0) is 78.6 Å². The number of hydrogen-bond acceptors (Lipinski definition) is 4. The average molecular weight is 385 g/mol. The zero-order valence-electron chi connectivity index (χ0n) is 18.0. The molecule has 0 saturated carbocycles. The van der Waals surface area contributed by atoms with Crippen molar-refractivity contribution in [2.24, 2.45) is 4.99 Å². The summed E-state index contributed by atoms with van der Waals surface area (Å²) in [7, 11) is 1.63. The Balaban J connectivity index is 1.94. The number of benzene rings is 1. The van der Waals surface area contributed by atoms with Crippen LogP contribution in [-0.4, -0.2) is 39.7 Å². The molecule has 1 aromatic carbocycles. The van der Waals surface area contributed by atoms with Crippen molar-refractivity contribution in [1.82, 2.24) is 15.1 Å². The Hall–Kier alpha value is -2.34. The Bertz CT molecular complexity index is 916. The van der Waals surface area contributed by atoms with Crippen molar-refractivity contribution in [2.45, 2.75) is 71.5 Å². The lowest BCUT2D eigenvalue weighted by Gasteiger charge is -2.45. The van der Waals surface area contributed by atoms with Gasteiger partial charge in [-0.15, -0.1) is 0 Å². The normalized spacial score (nSPS) is 19.6. The summed E-state index contributed by atoms with van der Waals surface area (Å²) in [6.45, 7) is 12.7. The van der Waals surface area contributed by atoms with Crippen molar-refractivity contribution in [2.75, 3.05) is 7.11 Å². The van der Waals surface area contributed by atoms with E-state index in [0.717, 1.165) is 35.7 Å². The molecule has 6 heteroatoms. The fourth-order valence-corrected chi connectivity index (χ4v) is 4.58. The SMILES string of the molecule is COc1ccc(-n2[nH]c(C)c(C(C)=NC3CC(C)(C)NC(C)(C)C3)c2=O)cc1. The first kappa shape index (κ1) is 20.4. The molecule has 1 fully saturated rings. The maximum Gasteiger partial charge on any atom is 0.280 e. The lowest BCUT2D eigenvalue weighted by molar-refractivity contribution is 0.164. The molecule has 28 heavy (non-hydrogen) atoms. The number of piperidine rings is 1. The first-order valence-corrected chi connectivity index (χ1v) is 9.81. The molecule has 152 valence electrons. The summed E-state index contributed by atoms with van der Waals surface area (Å²) in [5.41, 5.74) is 3.02. The van der Waals surface area contributed by atoms with E-state index in [1.165, 1.54) is 0 Å². The molecule has 1 aliphatic rings. The van der Waals surface area contributed by atoms with Crippen molar-refractivity contribution in [3.63, 3.8) is 0 Å². The van der Waals surface area contributed by atoms with Crippen LogP contribution in [0.2, 0.25) is 0 Å². The van der Waals surface area contributed by atoms with Crippen molar-refractivity contribution in [3.8, 4) is 11.4 Å². The molecule has 0 amide bonds. The standard InChI is InChI=1S/C22H32N4O2/c1-14(23-16-12-21(3,4)25-22(5,6)13-16)19-15(2)24-26(20(19)27)17-8-10-18(28-7)11-9-17/h8-11,16,24-25H,12-13H2,1-7H3. The molecule has 2 heterocycles. The highest BCUT2D eigenvalue weighted by Crippen LogP contribution is 2.30. The van der Waals surface area contributed by atoms with Gasteiger partial charge in [-0.1, -0.05) is 0 Å². The lowest BCUT2D eigenvalue weighted by Crippen LogP contribution is -2.58. The van der Waals surface area contributed by atoms with Crippen LogP contribution in [-0.2, 0) is 0 Å². The van der Waals surface area contributed by atoms with Crippen molar-refractivity contribution in [3.05, 3.63) is 45.9 Å². The molecule has 0 radical (unpaired) electrons. The van der Waals surface area contributed by atoms with Gasteiger partial charge in [-0.25, -0.2) is 4.68 Å². The lowest BCUT2D eigenvalue weighted by atomic mass is 9.80. The van der Waals surface area contributed by atoms with Gasteiger partial charge >= 0.3 is 0 Å². The smallest absolute Gasteiger partial charge is 0.280 e. The number of hydrogen-bond donors (Lipinski definition) is 2. The van der Waals surface area contributed by atoms with Gasteiger partial charge in [0.1, 0.15) is 5.75 Å². The second-order valence-electron chi connectivity index (χ2n) is 9.12. The first-order valence-electron chi connectivity index (χ1n) is 9.81. The molecular formula is C22H32N4O2. The maximum absolute atomic E-state index is 13.1. The molecule has 2 N–H and O–H groups in total. The Morgan fingerprint density at radius 1 is 1.14 bits per heavy atom. The van der Waals surface area contributed by atoms with Crippen LogP contribution in [0.5, 0.6) is 5.75 Å². The number of rotatable bonds is 4. The number of aromatic amines is 1. The number of H-pyrrole nitrogens is 1. The van der Waals surface area contributed by atoms with Crippen molar-refractivity contribution in [1.29, 1.82) is 0 Å². The molecule has 1 aliphatic heterocycles. The summed E-state index contributed by atoms with van der Waals surface area (Å²) < 4.78 is 6.77. The van der Waals surface area contributed by atoms with Crippen molar-refractivity contribution >= 4 is 5.71 Å². The molecule has 3 rings (SSSR count). The van der Waals surface area contributed by atoms with Crippen LogP contribution in [0, 0.1) is 6.92 Å². The largest absolute Gasteiger partial charge is 0.497 e. The maximum atomic E-state index is 13.1. The van der Waals surface area contributed by atoms with Crippen LogP contribution in [0.15, 0.2) is 34.1 Å². The molecular weight excluding hydrogens is 352 g/mol. The van der Waals surface area contributed by atoms with Crippen molar-refractivity contribution < 1.29 is 4.74 Å². The number of aliphatic imine (C=N–C) groups is 1. The van der Waals surface area contributed by atoms with Gasteiger partial charge < -0.3 is 10.1 Å². The zero-order valence-corrected chi connectivity index (χ0v) is 18.0. The van der Waals surface area contributed by atoms with Gasteiger partial charge in [0.05, 0.1) is 24.4 Å². The summed E-state index contributed by atoms with van der Waals surface area (Å²) in [5.74, 6) is 0.759. The van der Waals surface area contributed by atoms with Crippen LogP contribution in [0.1, 0.15) is 58.7 Å². The van der Waals surface area contributed by atoms with Crippen LogP contribution in [0.4, 0.5) is 0 Å². The fourth-order valence-electron chi connectivity index (χ4n) is 4.58. The van der Waals surface area contributed by atoms with E-state index >= 15 is 0 Å². The third kappa shape index (κ3) is 4.22. The molecule has 0 bridgehead atoms. The fraction of sp³-hybridized carbons (Fsp3) is 0.545. The van der Waals surface area contributed by atoms with Gasteiger partial charge in [-0.3, -0.25) is 14.9 Å². The quantitative estimate of drug-likeness (QED) is 0.791. The molecule has 0 aliphatic carbocycles. The Labute approximate surface area is 167 Å². The number of ether oxygens (including phenoxy) is 1. The van der Waals surface area contributed by atoms with E-state index in [0.29, 0.717) is 5.56 Å². The minimum Gasteiger partial charge on any atom is -0.497 e. The predicted molar refractivity (Wildman–Crippen MR) is 114 cm³/mol. The summed E-state index contributed by atoms with van der Waals surface area (Å²) in [6, 6.07) is 7.61. The summed E-state index contributed by atoms with van der Waals surface area (Å²) in [6.07, 6.45) is 1.90. The van der Waals surface area contributed by atoms with E-state index < -0.39 is 0 Å². The van der Waals surface area contributed by atoms with Gasteiger partial charge in [0.25, 0.3) is 5.56 Å². The molecule has 1 aromatic heterocycles. The van der Waals surface area contributed by atoms with E-state index in [2.05, 4.69) is 38.1 Å². The molecule has 0 unspecified atom stereocenters. The van der Waals surface area contributed by atoms with E-state index in [9.17, 15) is 4.79 Å². The van der Waals surface area contributed by atoms with E-state index in [4.69, 9.17) is 9.73 Å². The number of nitrogens with zero attached hydrogens (tertiary/aromatic N) is 2. The minimum absolute atomic E-state index is 0.0205. The van der Waals surface area contributed by atoms with E-state index in [1.54, 1.807) is 11.8 Å². The number of nitrogens with one attached hydrogen (secondary N) is 2. The van der Waals surface area contributed by atoms with Crippen LogP contribution in [0.3, 0.4) is 0 Å². The first-order chi connectivity index (χ1) is 13.0. The summed E-state index contributed by atoms with van der Waals surface area (Å²) >= 11 is 0. The highest BCUT2D eigenvalue weighted by molar-refractivity contribution is 5.99. The number of aryl methyl sites for hydroxylation is 1. The summed E-state index contributed by atoms with van der Waals surface area (Å²) in [5, 5.41) is 6.87. The topological polar surface area (TPSA) is 71.4 Å². The average Bonchev–Trinajstić information content (AvgIpc) is 2.86. The van der Waals surface area contributed by atoms with Gasteiger partial charge in [0.2, 0.25) is 0 Å². The molecule has 6 nitrogen and oxygen atoms in total. The number of aromatic nitrogens is 2. The second-order valence-corrected chi connectivity index (χ2v) is 9.12. The minimum atomic E-state index is -0.0728. The predicted octanol–water partition coefficient (Wildman–Crippen LogP) is 3.60. The third-order valence-electron chi connectivity index (χ3n) is 5.31. The third-order valence-corrected chi connectivity index (χ3v) is 5.31. The van der Waals surface area contributed by atoms with Crippen LogP contribution >= 0.6 is 0 Å². The van der Waals surface area contributed by atoms with E-state index in [1.807, 2.05) is 38.1 Å². The second kappa shape index (κ2) is 7.24. The van der Waals surface area contributed by atoms with Crippen LogP contribution in [0.25, 0.3) is 5.69 Å². The number of methoxy groups -OCH3 is 1. The Kier molecular flexibility index (Phi) is 5.28. The van der Waals surface area contributed by atoms with Gasteiger partial charge in [-0.2, -0.15) is 0 Å². The van der Waals surface area contributed by atoms with E-state index in [-0.39, 0.29) is 22.7 Å². The Morgan fingerprint density at radius 3 is 2.25 bits per heavy atom. The molecule has 1 saturated heterocycles. The molecule has 0 atom stereocenters. The molecule has 0 spiro atoms. The molecule has 2 aromatic rings. The van der Waals surface area contributed by atoms with Gasteiger partial charge in [0.15, 0.2) is 0 Å². The van der Waals surface area contributed by atoms with Gasteiger partial charge in [0, 0.05) is 22.5 Å². The monoisotopic (exact) mass is 384 g/mol. The highest BCUT2D eigenvalue weighted by Gasteiger charge is 2.37. The van der Waals surface area contributed by atoms with Crippen LogP contribution < -0.4 is 15.6 Å².